The van der Waals surface area contributed by atoms with Crippen molar-refractivity contribution >= 4 is 17.1 Å². The zero-order valence-corrected chi connectivity index (χ0v) is 14.8. The molecule has 3 aromatic rings. The van der Waals surface area contributed by atoms with E-state index in [1.165, 1.54) is 23.8 Å². The standard InChI is InChI=1S/C19H19FN4O3/c1-27-12-11-24-17-15(3-2-9-21-17)23-16(19(24)26)18(25)22-10-8-13-4-6-14(20)7-5-13/h2-7,9H,8,10-12H2,1H3,(H,22,25). The number of carbonyl (C=O) groups is 1. The van der Waals surface area contributed by atoms with Crippen LogP contribution >= 0.6 is 0 Å². The van der Waals surface area contributed by atoms with Crippen LogP contribution in [0, 0.1) is 5.82 Å². The summed E-state index contributed by atoms with van der Waals surface area (Å²) in [5.41, 5.74) is 1.03. The molecule has 0 fully saturated rings. The predicted octanol–water partition coefficient (Wildman–Crippen LogP) is 1.55. The molecule has 0 aliphatic carbocycles. The molecular weight excluding hydrogens is 351 g/mol. The zero-order valence-electron chi connectivity index (χ0n) is 14.8. The number of pyridine rings is 1. The van der Waals surface area contributed by atoms with Crippen molar-refractivity contribution in [2.24, 2.45) is 0 Å². The van der Waals surface area contributed by atoms with Crippen molar-refractivity contribution in [3.05, 3.63) is 70.0 Å². The van der Waals surface area contributed by atoms with Crippen LogP contribution in [0.25, 0.3) is 11.2 Å². The van der Waals surface area contributed by atoms with Gasteiger partial charge in [-0.2, -0.15) is 0 Å². The summed E-state index contributed by atoms with van der Waals surface area (Å²) in [7, 11) is 1.53. The lowest BCUT2D eigenvalue weighted by molar-refractivity contribution is 0.0946. The molecular formula is C19H19FN4O3. The maximum atomic E-state index is 12.9. The van der Waals surface area contributed by atoms with Crippen molar-refractivity contribution in [2.75, 3.05) is 20.3 Å². The number of benzene rings is 1. The second-order valence-corrected chi connectivity index (χ2v) is 5.89. The molecule has 7 nitrogen and oxygen atoms in total. The SMILES string of the molecule is COCCn1c(=O)c(C(=O)NCCc2ccc(F)cc2)nc2cccnc21. The Morgan fingerprint density at radius 2 is 2.04 bits per heavy atom. The van der Waals surface area contributed by atoms with Crippen molar-refractivity contribution in [2.45, 2.75) is 13.0 Å². The average Bonchev–Trinajstić information content (AvgIpc) is 2.68. The Morgan fingerprint density at radius 3 is 2.78 bits per heavy atom. The summed E-state index contributed by atoms with van der Waals surface area (Å²) >= 11 is 0. The van der Waals surface area contributed by atoms with Crippen LogP contribution < -0.4 is 10.9 Å². The summed E-state index contributed by atoms with van der Waals surface area (Å²) in [5, 5.41) is 2.69. The number of hydrogen-bond donors (Lipinski definition) is 1. The monoisotopic (exact) mass is 370 g/mol. The van der Waals surface area contributed by atoms with Crippen LogP contribution in [0.3, 0.4) is 0 Å². The van der Waals surface area contributed by atoms with Gasteiger partial charge in [-0.25, -0.2) is 14.4 Å². The highest BCUT2D eigenvalue weighted by atomic mass is 19.1. The number of nitrogens with one attached hydrogen (secondary N) is 1. The summed E-state index contributed by atoms with van der Waals surface area (Å²) in [6.45, 7) is 0.872. The number of nitrogens with zero attached hydrogens (tertiary/aromatic N) is 3. The molecule has 1 amide bonds. The van der Waals surface area contributed by atoms with E-state index in [0.29, 0.717) is 30.7 Å². The van der Waals surface area contributed by atoms with Gasteiger partial charge in [0.2, 0.25) is 0 Å². The van der Waals surface area contributed by atoms with Gasteiger partial charge in [-0.15, -0.1) is 0 Å². The summed E-state index contributed by atoms with van der Waals surface area (Å²) in [6, 6.07) is 9.42. The molecule has 0 unspecified atom stereocenters. The van der Waals surface area contributed by atoms with Gasteiger partial charge in [0.15, 0.2) is 11.3 Å². The molecule has 2 heterocycles. The fraction of sp³-hybridized carbons (Fsp3) is 0.263. The Kier molecular flexibility index (Phi) is 5.87. The molecule has 140 valence electrons. The summed E-state index contributed by atoms with van der Waals surface area (Å²) in [4.78, 5) is 33.6. The smallest absolute Gasteiger partial charge is 0.283 e. The van der Waals surface area contributed by atoms with E-state index in [4.69, 9.17) is 4.74 Å². The molecule has 0 aliphatic rings. The second kappa shape index (κ2) is 8.50. The molecule has 8 heteroatoms. The van der Waals surface area contributed by atoms with E-state index in [-0.39, 0.29) is 18.1 Å². The van der Waals surface area contributed by atoms with Crippen LogP contribution in [-0.2, 0) is 17.7 Å². The fourth-order valence-corrected chi connectivity index (χ4v) is 2.67. The van der Waals surface area contributed by atoms with Crippen LogP contribution in [0.15, 0.2) is 47.4 Å². The topological polar surface area (TPSA) is 86.1 Å². The van der Waals surface area contributed by atoms with Crippen LogP contribution in [0.1, 0.15) is 16.1 Å². The van der Waals surface area contributed by atoms with Crippen molar-refractivity contribution in [3.8, 4) is 0 Å². The normalized spacial score (nSPS) is 10.9. The first-order valence-corrected chi connectivity index (χ1v) is 8.47. The Bertz CT molecular complexity index is 1000. The van der Waals surface area contributed by atoms with Crippen LogP contribution in [-0.4, -0.2) is 40.7 Å². The highest BCUT2D eigenvalue weighted by Crippen LogP contribution is 2.07. The number of ether oxygens (including phenoxy) is 1. The lowest BCUT2D eigenvalue weighted by Crippen LogP contribution is -2.36. The maximum Gasteiger partial charge on any atom is 0.283 e. The minimum Gasteiger partial charge on any atom is -0.383 e. The molecule has 0 spiro atoms. The lowest BCUT2D eigenvalue weighted by atomic mass is 10.1. The third-order valence-electron chi connectivity index (χ3n) is 4.05. The lowest BCUT2D eigenvalue weighted by Gasteiger charge is -2.11. The first-order chi connectivity index (χ1) is 13.1. The first kappa shape index (κ1) is 18.7. The van der Waals surface area contributed by atoms with Crippen LogP contribution in [0.4, 0.5) is 4.39 Å². The van der Waals surface area contributed by atoms with E-state index in [2.05, 4.69) is 15.3 Å². The maximum absolute atomic E-state index is 12.9. The second-order valence-electron chi connectivity index (χ2n) is 5.89. The van der Waals surface area contributed by atoms with Crippen molar-refractivity contribution in [1.82, 2.24) is 19.9 Å². The molecule has 27 heavy (non-hydrogen) atoms. The van der Waals surface area contributed by atoms with E-state index in [1.807, 2.05) is 0 Å². The van der Waals surface area contributed by atoms with E-state index < -0.39 is 11.5 Å². The van der Waals surface area contributed by atoms with E-state index in [9.17, 15) is 14.0 Å². The van der Waals surface area contributed by atoms with Gasteiger partial charge in [-0.3, -0.25) is 14.2 Å². The summed E-state index contributed by atoms with van der Waals surface area (Å²) in [5.74, 6) is -0.868. The fourth-order valence-electron chi connectivity index (χ4n) is 2.67. The molecule has 1 N–H and O–H groups in total. The Hall–Kier alpha value is -3.13. The number of methoxy groups -OCH3 is 1. The predicted molar refractivity (Wildman–Crippen MR) is 98.1 cm³/mol. The zero-order chi connectivity index (χ0) is 19.2. The van der Waals surface area contributed by atoms with Crippen LogP contribution in [0.2, 0.25) is 0 Å². The molecule has 2 aromatic heterocycles. The molecule has 0 radical (unpaired) electrons. The largest absolute Gasteiger partial charge is 0.383 e. The van der Waals surface area contributed by atoms with Gasteiger partial charge >= 0.3 is 0 Å². The number of halogens is 1. The minimum absolute atomic E-state index is 0.189. The Balaban J connectivity index is 1.80. The Morgan fingerprint density at radius 1 is 1.26 bits per heavy atom. The first-order valence-electron chi connectivity index (χ1n) is 8.47. The van der Waals surface area contributed by atoms with Crippen molar-refractivity contribution in [3.63, 3.8) is 0 Å². The Labute approximate surface area is 154 Å². The highest BCUT2D eigenvalue weighted by Gasteiger charge is 2.17. The van der Waals surface area contributed by atoms with E-state index in [1.54, 1.807) is 30.5 Å². The summed E-state index contributed by atoms with van der Waals surface area (Å²) in [6.07, 6.45) is 2.08. The van der Waals surface area contributed by atoms with Gasteiger partial charge in [0.05, 0.1) is 13.2 Å². The van der Waals surface area contributed by atoms with Gasteiger partial charge in [0.1, 0.15) is 11.3 Å². The van der Waals surface area contributed by atoms with E-state index >= 15 is 0 Å². The van der Waals surface area contributed by atoms with Crippen molar-refractivity contribution in [1.29, 1.82) is 0 Å². The van der Waals surface area contributed by atoms with E-state index in [0.717, 1.165) is 5.56 Å². The number of amides is 1. The third kappa shape index (κ3) is 4.35. The van der Waals surface area contributed by atoms with Gasteiger partial charge < -0.3 is 10.1 Å². The molecule has 3 rings (SSSR count). The molecule has 0 saturated heterocycles. The number of carbonyl (C=O) groups excluding carboxylic acids is 1. The summed E-state index contributed by atoms with van der Waals surface area (Å²) < 4.78 is 19.4. The number of rotatable bonds is 7. The molecule has 0 atom stereocenters. The molecule has 0 bridgehead atoms. The average molecular weight is 370 g/mol. The number of fused-ring (bicyclic) bond motifs is 1. The van der Waals surface area contributed by atoms with Gasteiger partial charge in [-0.05, 0) is 36.2 Å². The third-order valence-corrected chi connectivity index (χ3v) is 4.05. The van der Waals surface area contributed by atoms with Gasteiger partial charge in [-0.1, -0.05) is 12.1 Å². The highest BCUT2D eigenvalue weighted by molar-refractivity contribution is 5.93. The minimum atomic E-state index is -0.556. The van der Waals surface area contributed by atoms with Crippen molar-refractivity contribution < 1.29 is 13.9 Å². The quantitative estimate of drug-likeness (QED) is 0.682. The van der Waals surface area contributed by atoms with Crippen LogP contribution in [0.5, 0.6) is 0 Å². The molecule has 0 aliphatic heterocycles. The van der Waals surface area contributed by atoms with Gasteiger partial charge in [0.25, 0.3) is 11.5 Å². The molecule has 0 saturated carbocycles. The number of hydrogen-bond acceptors (Lipinski definition) is 5. The number of aromatic nitrogens is 3. The van der Waals surface area contributed by atoms with Gasteiger partial charge in [0, 0.05) is 19.9 Å². The molecule has 1 aromatic carbocycles.